The molecule has 21 heavy (non-hydrogen) atoms. The van der Waals surface area contributed by atoms with E-state index in [0.717, 1.165) is 17.5 Å². The van der Waals surface area contributed by atoms with Crippen LogP contribution in [0.3, 0.4) is 0 Å². The molecule has 0 saturated carbocycles. The number of thioether (sulfide) groups is 1. The van der Waals surface area contributed by atoms with E-state index in [0.29, 0.717) is 5.88 Å². The van der Waals surface area contributed by atoms with Gasteiger partial charge in [0, 0.05) is 12.1 Å². The van der Waals surface area contributed by atoms with Gasteiger partial charge in [-0.25, -0.2) is 4.98 Å². The van der Waals surface area contributed by atoms with E-state index >= 15 is 0 Å². The molecule has 0 unspecified atom stereocenters. The highest BCUT2D eigenvalue weighted by Crippen LogP contribution is 2.18. The fourth-order valence-electron chi connectivity index (χ4n) is 1.45. The van der Waals surface area contributed by atoms with E-state index in [2.05, 4.69) is 20.4 Å². The smallest absolute Gasteiger partial charge is 0.253 e. The van der Waals surface area contributed by atoms with Gasteiger partial charge in [0.25, 0.3) is 5.56 Å². The van der Waals surface area contributed by atoms with Gasteiger partial charge in [-0.15, -0.1) is 0 Å². The minimum atomic E-state index is -0.359. The summed E-state index contributed by atoms with van der Waals surface area (Å²) in [5.74, 6) is 0.382. The topological polar surface area (TPSA) is 127 Å². The van der Waals surface area contributed by atoms with Crippen LogP contribution in [0.1, 0.15) is 25.5 Å². The Bertz CT molecular complexity index is 694. The Hall–Kier alpha value is -2.29. The van der Waals surface area contributed by atoms with Crippen molar-refractivity contribution in [2.75, 3.05) is 16.8 Å². The van der Waals surface area contributed by atoms with Gasteiger partial charge >= 0.3 is 0 Å². The Morgan fingerprint density at radius 2 is 2.29 bits per heavy atom. The van der Waals surface area contributed by atoms with Crippen molar-refractivity contribution in [2.45, 2.75) is 24.9 Å². The molecule has 0 fully saturated rings. The van der Waals surface area contributed by atoms with Crippen molar-refractivity contribution in [3.05, 3.63) is 28.2 Å². The summed E-state index contributed by atoms with van der Waals surface area (Å²) in [5.41, 5.74) is 5.86. The molecule has 0 atom stereocenters. The lowest BCUT2D eigenvalue weighted by Crippen LogP contribution is -2.15. The number of carbonyl (C=O) groups is 1. The van der Waals surface area contributed by atoms with Gasteiger partial charge in [0.05, 0.1) is 11.4 Å². The molecule has 9 heteroatoms. The molecule has 2 aromatic heterocycles. The number of aromatic nitrogens is 3. The largest absolute Gasteiger partial charge is 0.383 e. The van der Waals surface area contributed by atoms with Crippen LogP contribution in [-0.4, -0.2) is 26.8 Å². The first-order valence-electron chi connectivity index (χ1n) is 6.20. The number of anilines is 2. The molecule has 0 aromatic carbocycles. The standard InChI is InChI=1S/C12H15N5O3S/c1-6(2)7-3-11(20-17-7)15-10(19)5-21-12-14-8(13)4-9(18)16-12/h3-4,6H,5H2,1-2H3,(H,15,19)(H3,13,14,16,18). The Morgan fingerprint density at radius 1 is 1.52 bits per heavy atom. The van der Waals surface area contributed by atoms with Crippen LogP contribution in [-0.2, 0) is 4.79 Å². The summed E-state index contributed by atoms with van der Waals surface area (Å²) < 4.78 is 5.00. The van der Waals surface area contributed by atoms with Gasteiger partial charge in [0.15, 0.2) is 5.16 Å². The second-order valence-electron chi connectivity index (χ2n) is 4.58. The van der Waals surface area contributed by atoms with Crippen LogP contribution in [0.5, 0.6) is 0 Å². The van der Waals surface area contributed by atoms with Crippen molar-refractivity contribution < 1.29 is 9.32 Å². The van der Waals surface area contributed by atoms with Crippen molar-refractivity contribution in [1.29, 1.82) is 0 Å². The van der Waals surface area contributed by atoms with Crippen LogP contribution >= 0.6 is 11.8 Å². The van der Waals surface area contributed by atoms with E-state index in [4.69, 9.17) is 10.3 Å². The van der Waals surface area contributed by atoms with E-state index in [-0.39, 0.29) is 34.1 Å². The predicted molar refractivity (Wildman–Crippen MR) is 79.2 cm³/mol. The van der Waals surface area contributed by atoms with Crippen LogP contribution in [0, 0.1) is 0 Å². The van der Waals surface area contributed by atoms with Gasteiger partial charge in [-0.2, -0.15) is 0 Å². The Labute approximate surface area is 124 Å². The molecule has 2 heterocycles. The lowest BCUT2D eigenvalue weighted by atomic mass is 10.1. The Balaban J connectivity index is 1.91. The molecular weight excluding hydrogens is 294 g/mol. The third-order valence-electron chi connectivity index (χ3n) is 2.46. The summed E-state index contributed by atoms with van der Waals surface area (Å²) in [6.07, 6.45) is 0. The molecule has 0 bridgehead atoms. The fourth-order valence-corrected chi connectivity index (χ4v) is 2.13. The second-order valence-corrected chi connectivity index (χ2v) is 5.55. The molecule has 0 aliphatic carbocycles. The molecule has 2 aromatic rings. The van der Waals surface area contributed by atoms with Crippen molar-refractivity contribution in [3.63, 3.8) is 0 Å². The normalized spacial score (nSPS) is 10.8. The highest BCUT2D eigenvalue weighted by molar-refractivity contribution is 7.99. The van der Waals surface area contributed by atoms with E-state index in [9.17, 15) is 9.59 Å². The molecule has 0 aliphatic heterocycles. The van der Waals surface area contributed by atoms with E-state index in [1.165, 1.54) is 6.07 Å². The number of amides is 1. The molecule has 2 rings (SSSR count). The first-order chi connectivity index (χ1) is 9.94. The van der Waals surface area contributed by atoms with Crippen molar-refractivity contribution in [2.24, 2.45) is 0 Å². The summed E-state index contributed by atoms with van der Waals surface area (Å²) >= 11 is 1.07. The van der Waals surface area contributed by atoms with Crippen LogP contribution in [0.15, 0.2) is 26.6 Å². The molecule has 8 nitrogen and oxygen atoms in total. The summed E-state index contributed by atoms with van der Waals surface area (Å²) in [6, 6.07) is 2.85. The van der Waals surface area contributed by atoms with E-state index < -0.39 is 0 Å². The molecule has 4 N–H and O–H groups in total. The summed E-state index contributed by atoms with van der Waals surface area (Å²) in [7, 11) is 0. The lowest BCUT2D eigenvalue weighted by molar-refractivity contribution is -0.113. The number of nitrogens with zero attached hydrogens (tertiary/aromatic N) is 2. The number of aromatic amines is 1. The zero-order valence-electron chi connectivity index (χ0n) is 11.5. The average molecular weight is 309 g/mol. The minimum absolute atomic E-state index is 0.0596. The highest BCUT2D eigenvalue weighted by atomic mass is 32.2. The number of rotatable bonds is 5. The third-order valence-corrected chi connectivity index (χ3v) is 3.34. The van der Waals surface area contributed by atoms with Gasteiger partial charge in [-0.05, 0) is 5.92 Å². The molecule has 112 valence electrons. The monoisotopic (exact) mass is 309 g/mol. The maximum absolute atomic E-state index is 11.8. The second kappa shape index (κ2) is 6.44. The van der Waals surface area contributed by atoms with E-state index in [1.807, 2.05) is 13.8 Å². The maximum Gasteiger partial charge on any atom is 0.253 e. The van der Waals surface area contributed by atoms with Gasteiger partial charge in [-0.3, -0.25) is 14.9 Å². The number of hydrogen-bond acceptors (Lipinski definition) is 7. The predicted octanol–water partition coefficient (Wildman–Crippen LogP) is 1.19. The third kappa shape index (κ3) is 4.35. The van der Waals surface area contributed by atoms with Crippen LogP contribution in [0.2, 0.25) is 0 Å². The molecule has 0 saturated heterocycles. The highest BCUT2D eigenvalue weighted by Gasteiger charge is 2.11. The van der Waals surface area contributed by atoms with E-state index in [1.54, 1.807) is 6.07 Å². The zero-order chi connectivity index (χ0) is 15.4. The fraction of sp³-hybridized carbons (Fsp3) is 0.333. The first-order valence-corrected chi connectivity index (χ1v) is 7.18. The SMILES string of the molecule is CC(C)c1cc(NC(=O)CSc2nc(N)cc(=O)[nH]2)on1. The Kier molecular flexibility index (Phi) is 4.63. The number of nitrogen functional groups attached to an aromatic ring is 1. The number of hydrogen-bond donors (Lipinski definition) is 3. The van der Waals surface area contributed by atoms with Gasteiger partial charge < -0.3 is 15.2 Å². The molecule has 0 spiro atoms. The maximum atomic E-state index is 11.8. The lowest BCUT2D eigenvalue weighted by Gasteiger charge is -2.01. The molecule has 0 aliphatic rings. The average Bonchev–Trinajstić information content (AvgIpc) is 2.84. The Morgan fingerprint density at radius 3 is 2.90 bits per heavy atom. The van der Waals surface area contributed by atoms with Gasteiger partial charge in [0.1, 0.15) is 5.82 Å². The molecule has 0 radical (unpaired) electrons. The minimum Gasteiger partial charge on any atom is -0.383 e. The number of H-pyrrole nitrogens is 1. The van der Waals surface area contributed by atoms with Crippen molar-refractivity contribution >= 4 is 29.4 Å². The summed E-state index contributed by atoms with van der Waals surface area (Å²) in [6.45, 7) is 3.95. The number of nitrogens with one attached hydrogen (secondary N) is 2. The molecule has 1 amide bonds. The van der Waals surface area contributed by atoms with Crippen molar-refractivity contribution in [3.8, 4) is 0 Å². The zero-order valence-corrected chi connectivity index (χ0v) is 12.4. The summed E-state index contributed by atoms with van der Waals surface area (Å²) in [5, 5.41) is 6.70. The molecular formula is C12H15N5O3S. The number of carbonyl (C=O) groups excluding carboxylic acids is 1. The number of nitrogens with two attached hydrogens (primary N) is 1. The van der Waals surface area contributed by atoms with Gasteiger partial charge in [-0.1, -0.05) is 30.8 Å². The van der Waals surface area contributed by atoms with Crippen LogP contribution in [0.4, 0.5) is 11.7 Å². The summed E-state index contributed by atoms with van der Waals surface area (Å²) in [4.78, 5) is 29.4. The first kappa shape index (κ1) is 15.1. The van der Waals surface area contributed by atoms with Crippen molar-refractivity contribution in [1.82, 2.24) is 15.1 Å². The van der Waals surface area contributed by atoms with Crippen LogP contribution < -0.4 is 16.6 Å². The van der Waals surface area contributed by atoms with Gasteiger partial charge in [0.2, 0.25) is 11.8 Å². The van der Waals surface area contributed by atoms with Crippen LogP contribution in [0.25, 0.3) is 0 Å². The quantitative estimate of drug-likeness (QED) is 0.559.